The summed E-state index contributed by atoms with van der Waals surface area (Å²) in [5.41, 5.74) is 2.55. The number of nitrogens with zero attached hydrogens (tertiary/aromatic N) is 1. The largest absolute Gasteiger partial charge is 0.457 e. The van der Waals surface area contributed by atoms with Crippen LogP contribution in [0.5, 0.6) is 11.5 Å². The molecule has 2 N–H and O–H groups in total. The highest BCUT2D eigenvalue weighted by Gasteiger charge is 2.18. The van der Waals surface area contributed by atoms with Crippen LogP contribution in [0, 0.1) is 13.8 Å². The maximum Gasteiger partial charge on any atom is 0.261 e. The third-order valence-corrected chi connectivity index (χ3v) is 5.77. The van der Waals surface area contributed by atoms with E-state index in [1.807, 2.05) is 55.5 Å². The summed E-state index contributed by atoms with van der Waals surface area (Å²) in [6.07, 6.45) is 1.35. The van der Waals surface area contributed by atoms with Crippen molar-refractivity contribution in [2.24, 2.45) is 0 Å². The number of nitrogens with one attached hydrogen (secondary N) is 2. The Morgan fingerprint density at radius 3 is 2.38 bits per heavy atom. The van der Waals surface area contributed by atoms with Crippen molar-refractivity contribution in [3.05, 3.63) is 86.8 Å². The summed E-state index contributed by atoms with van der Waals surface area (Å²) < 4.78 is 5.82. The molecule has 0 saturated carbocycles. The molecule has 29 heavy (non-hydrogen) atoms. The van der Waals surface area contributed by atoms with Crippen molar-refractivity contribution in [3.63, 3.8) is 0 Å². The molecule has 2 aromatic heterocycles. The third kappa shape index (κ3) is 4.05. The predicted octanol–water partition coefficient (Wildman–Crippen LogP) is 4.32. The average molecular weight is 405 g/mol. The molecule has 0 fully saturated rings. The fourth-order valence-corrected chi connectivity index (χ4v) is 4.04. The number of aromatic nitrogens is 2. The minimum atomic E-state index is -0.230. The highest BCUT2D eigenvalue weighted by atomic mass is 32.1. The van der Waals surface area contributed by atoms with Crippen LogP contribution < -0.4 is 15.6 Å². The van der Waals surface area contributed by atoms with Gasteiger partial charge in [0.05, 0.1) is 16.6 Å². The predicted molar refractivity (Wildman–Crippen MR) is 114 cm³/mol. The van der Waals surface area contributed by atoms with Gasteiger partial charge in [0.15, 0.2) is 0 Å². The second-order valence-electron chi connectivity index (χ2n) is 6.71. The van der Waals surface area contributed by atoms with Crippen molar-refractivity contribution >= 4 is 27.5 Å². The van der Waals surface area contributed by atoms with E-state index in [4.69, 9.17) is 4.74 Å². The molecule has 146 valence electrons. The van der Waals surface area contributed by atoms with Gasteiger partial charge in [0.25, 0.3) is 11.5 Å². The van der Waals surface area contributed by atoms with Gasteiger partial charge < -0.3 is 15.0 Å². The van der Waals surface area contributed by atoms with Crippen LogP contribution in [0.4, 0.5) is 0 Å². The van der Waals surface area contributed by atoms with E-state index in [1.165, 1.54) is 23.2 Å². The molecule has 0 aliphatic rings. The van der Waals surface area contributed by atoms with E-state index < -0.39 is 0 Å². The Hall–Kier alpha value is -3.45. The van der Waals surface area contributed by atoms with Gasteiger partial charge in [-0.2, -0.15) is 0 Å². The average Bonchev–Trinajstić information content (AvgIpc) is 3.07. The van der Waals surface area contributed by atoms with Crippen molar-refractivity contribution in [2.45, 2.75) is 20.4 Å². The van der Waals surface area contributed by atoms with Crippen LogP contribution in [-0.2, 0) is 6.54 Å². The molecule has 0 radical (unpaired) electrons. The minimum absolute atomic E-state index is 0.218. The second kappa shape index (κ2) is 7.89. The van der Waals surface area contributed by atoms with Crippen LogP contribution in [0.15, 0.2) is 59.7 Å². The van der Waals surface area contributed by atoms with E-state index >= 15 is 0 Å². The van der Waals surface area contributed by atoms with Crippen LogP contribution in [0.25, 0.3) is 10.2 Å². The van der Waals surface area contributed by atoms with Crippen LogP contribution in [-0.4, -0.2) is 15.9 Å². The van der Waals surface area contributed by atoms with Gasteiger partial charge in [0, 0.05) is 6.54 Å². The molecule has 0 aliphatic carbocycles. The summed E-state index contributed by atoms with van der Waals surface area (Å²) in [4.78, 5) is 32.3. The molecule has 0 spiro atoms. The lowest BCUT2D eigenvalue weighted by atomic mass is 10.2. The zero-order chi connectivity index (χ0) is 20.4. The maximum absolute atomic E-state index is 12.6. The molecule has 6 nitrogen and oxygen atoms in total. The van der Waals surface area contributed by atoms with Crippen molar-refractivity contribution in [2.75, 3.05) is 0 Å². The highest BCUT2D eigenvalue weighted by molar-refractivity contribution is 7.20. The monoisotopic (exact) mass is 405 g/mol. The summed E-state index contributed by atoms with van der Waals surface area (Å²) in [5, 5.41) is 3.37. The number of hydrogen-bond donors (Lipinski definition) is 2. The normalized spacial score (nSPS) is 10.8. The number of carbonyl (C=O) groups excluding carboxylic acids is 1. The van der Waals surface area contributed by atoms with Gasteiger partial charge in [-0.25, -0.2) is 4.98 Å². The zero-order valence-corrected chi connectivity index (χ0v) is 16.8. The third-order valence-electron chi connectivity index (χ3n) is 4.57. The van der Waals surface area contributed by atoms with Gasteiger partial charge in [-0.3, -0.25) is 9.59 Å². The van der Waals surface area contributed by atoms with E-state index in [9.17, 15) is 9.59 Å². The number of rotatable bonds is 5. The summed E-state index contributed by atoms with van der Waals surface area (Å²) in [6.45, 7) is 4.17. The molecule has 0 aliphatic heterocycles. The van der Waals surface area contributed by atoms with Gasteiger partial charge in [-0.1, -0.05) is 29.8 Å². The summed E-state index contributed by atoms with van der Waals surface area (Å²) >= 11 is 1.22. The topological polar surface area (TPSA) is 84.1 Å². The Morgan fingerprint density at radius 2 is 1.72 bits per heavy atom. The number of aromatic amines is 1. The molecular weight excluding hydrogens is 386 g/mol. The molecule has 0 unspecified atom stereocenters. The Morgan fingerprint density at radius 1 is 1.07 bits per heavy atom. The lowest BCUT2D eigenvalue weighted by molar-refractivity contribution is 0.0954. The van der Waals surface area contributed by atoms with E-state index in [2.05, 4.69) is 15.3 Å². The first-order valence-corrected chi connectivity index (χ1v) is 9.91. The van der Waals surface area contributed by atoms with Gasteiger partial charge in [0.1, 0.15) is 16.3 Å². The summed E-state index contributed by atoms with van der Waals surface area (Å²) in [6, 6.07) is 15.4. The van der Waals surface area contributed by atoms with E-state index in [0.717, 1.165) is 17.1 Å². The molecule has 0 bridgehead atoms. The number of carbonyl (C=O) groups is 1. The van der Waals surface area contributed by atoms with Gasteiger partial charge in [-0.15, -0.1) is 11.3 Å². The number of hydrogen-bond acceptors (Lipinski definition) is 5. The van der Waals surface area contributed by atoms with E-state index in [0.29, 0.717) is 27.2 Å². The summed E-state index contributed by atoms with van der Waals surface area (Å²) in [5.74, 6) is 1.29. The molecule has 2 heterocycles. The van der Waals surface area contributed by atoms with Crippen LogP contribution in [0.2, 0.25) is 0 Å². The lowest BCUT2D eigenvalue weighted by Gasteiger charge is -2.08. The summed E-state index contributed by atoms with van der Waals surface area (Å²) in [7, 11) is 0. The van der Waals surface area contributed by atoms with Gasteiger partial charge in [-0.05, 0) is 49.2 Å². The van der Waals surface area contributed by atoms with E-state index in [-0.39, 0.29) is 11.5 Å². The van der Waals surface area contributed by atoms with E-state index in [1.54, 1.807) is 6.92 Å². The Balaban J connectivity index is 1.42. The molecule has 0 atom stereocenters. The number of ether oxygens (including phenoxy) is 1. The molecule has 7 heteroatoms. The molecule has 2 aromatic carbocycles. The first-order chi connectivity index (χ1) is 14.0. The maximum atomic E-state index is 12.6. The zero-order valence-electron chi connectivity index (χ0n) is 16.0. The first-order valence-electron chi connectivity index (χ1n) is 9.10. The number of amides is 1. The number of aryl methyl sites for hydroxylation is 2. The number of thiophene rings is 1. The standard InChI is InChI=1S/C22H19N3O3S/c1-13-3-7-16(8-4-13)28-17-9-5-15(6-10-17)11-23-21(27)19-14(2)18-20(26)24-12-25-22(18)29-19/h3-10,12H,11H2,1-2H3,(H,23,27)(H,24,25,26). The van der Waals surface area contributed by atoms with Gasteiger partial charge in [0.2, 0.25) is 0 Å². The highest BCUT2D eigenvalue weighted by Crippen LogP contribution is 2.26. The van der Waals surface area contributed by atoms with Crippen LogP contribution in [0.3, 0.4) is 0 Å². The van der Waals surface area contributed by atoms with Crippen molar-refractivity contribution < 1.29 is 9.53 Å². The molecule has 1 amide bonds. The van der Waals surface area contributed by atoms with Crippen LogP contribution in [0.1, 0.15) is 26.4 Å². The number of H-pyrrole nitrogens is 1. The number of fused-ring (bicyclic) bond motifs is 1. The van der Waals surface area contributed by atoms with Gasteiger partial charge >= 0.3 is 0 Å². The smallest absolute Gasteiger partial charge is 0.261 e. The fraction of sp³-hybridized carbons (Fsp3) is 0.136. The SMILES string of the molecule is Cc1ccc(Oc2ccc(CNC(=O)c3sc4nc[nH]c(=O)c4c3C)cc2)cc1. The Bertz CT molecular complexity index is 1230. The quantitative estimate of drug-likeness (QED) is 0.518. The van der Waals surface area contributed by atoms with Crippen molar-refractivity contribution in [1.29, 1.82) is 0 Å². The fourth-order valence-electron chi connectivity index (χ4n) is 2.98. The Kier molecular flexibility index (Phi) is 5.14. The first kappa shape index (κ1) is 18.9. The molecule has 4 rings (SSSR count). The minimum Gasteiger partial charge on any atom is -0.457 e. The van der Waals surface area contributed by atoms with Crippen molar-refractivity contribution in [3.8, 4) is 11.5 Å². The molecule has 4 aromatic rings. The van der Waals surface area contributed by atoms with Crippen molar-refractivity contribution in [1.82, 2.24) is 15.3 Å². The number of benzene rings is 2. The Labute approximate surface area is 171 Å². The second-order valence-corrected chi connectivity index (χ2v) is 7.71. The van der Waals surface area contributed by atoms with Crippen LogP contribution >= 0.6 is 11.3 Å². The lowest BCUT2D eigenvalue weighted by Crippen LogP contribution is -2.22. The molecular formula is C22H19N3O3S. The molecule has 0 saturated heterocycles.